The lowest BCUT2D eigenvalue weighted by Crippen LogP contribution is -2.37. The van der Waals surface area contributed by atoms with Crippen LogP contribution in [-0.4, -0.2) is 50.6 Å². The van der Waals surface area contributed by atoms with Crippen LogP contribution in [0.25, 0.3) is 0 Å². The maximum absolute atomic E-state index is 12.4. The van der Waals surface area contributed by atoms with E-state index in [0.717, 1.165) is 6.54 Å². The van der Waals surface area contributed by atoms with Crippen molar-refractivity contribution in [1.29, 1.82) is 0 Å². The van der Waals surface area contributed by atoms with Crippen LogP contribution >= 0.6 is 0 Å². The Balaban J connectivity index is 2.37. The van der Waals surface area contributed by atoms with Crippen LogP contribution in [0.15, 0.2) is 9.31 Å². The first-order valence-electron chi connectivity index (χ1n) is 6.26. The molecule has 1 unspecified atom stereocenters. The molecule has 20 heavy (non-hydrogen) atoms. The van der Waals surface area contributed by atoms with Crippen molar-refractivity contribution in [2.75, 3.05) is 20.1 Å². The largest absolute Gasteiger partial charge is 0.478 e. The zero-order valence-electron chi connectivity index (χ0n) is 11.6. The van der Waals surface area contributed by atoms with E-state index in [1.165, 1.54) is 13.8 Å². The molecule has 0 spiro atoms. The number of carbonyl (C=O) groups is 1. The minimum Gasteiger partial charge on any atom is -0.478 e. The molecule has 1 atom stereocenters. The second-order valence-electron chi connectivity index (χ2n) is 5.09. The van der Waals surface area contributed by atoms with Gasteiger partial charge in [0.05, 0.1) is 0 Å². The molecule has 1 aromatic rings. The monoisotopic (exact) mass is 302 g/mol. The van der Waals surface area contributed by atoms with Crippen molar-refractivity contribution < 1.29 is 22.7 Å². The van der Waals surface area contributed by atoms with E-state index < -0.39 is 16.0 Å². The topological polar surface area (TPSA) is 99.9 Å². The number of nitrogens with zero attached hydrogens (tertiary/aromatic N) is 1. The third-order valence-corrected chi connectivity index (χ3v) is 5.07. The number of likely N-dealkylation sites (N-methyl/N-ethyl adjacent to an activating group) is 1. The quantitative estimate of drug-likeness (QED) is 0.844. The number of hydrogen-bond donors (Lipinski definition) is 2. The Labute approximate surface area is 117 Å². The molecule has 0 radical (unpaired) electrons. The Morgan fingerprint density at radius 3 is 2.55 bits per heavy atom. The molecular weight excluding hydrogens is 284 g/mol. The van der Waals surface area contributed by atoms with Gasteiger partial charge in [-0.3, -0.25) is 0 Å². The highest BCUT2D eigenvalue weighted by atomic mass is 32.2. The summed E-state index contributed by atoms with van der Waals surface area (Å²) in [6.45, 7) is 4.31. The lowest BCUT2D eigenvalue weighted by molar-refractivity contribution is 0.0691. The summed E-state index contributed by atoms with van der Waals surface area (Å²) in [5.74, 6) is -1.11. The highest BCUT2D eigenvalue weighted by Crippen LogP contribution is 2.27. The molecular formula is C12H18N2O5S. The van der Waals surface area contributed by atoms with Gasteiger partial charge in [0.1, 0.15) is 22.0 Å². The molecule has 1 fully saturated rings. The van der Waals surface area contributed by atoms with E-state index >= 15 is 0 Å². The molecule has 0 aliphatic carbocycles. The molecule has 1 aromatic heterocycles. The van der Waals surface area contributed by atoms with E-state index in [-0.39, 0.29) is 28.0 Å². The van der Waals surface area contributed by atoms with Crippen LogP contribution in [0.1, 0.15) is 28.3 Å². The second kappa shape index (κ2) is 5.19. The third-order valence-electron chi connectivity index (χ3n) is 3.40. The van der Waals surface area contributed by atoms with Gasteiger partial charge in [0.15, 0.2) is 0 Å². The van der Waals surface area contributed by atoms with Crippen LogP contribution in [0.3, 0.4) is 0 Å². The van der Waals surface area contributed by atoms with E-state index in [1.54, 1.807) is 0 Å². The van der Waals surface area contributed by atoms with Crippen LogP contribution in [0.2, 0.25) is 0 Å². The molecule has 0 amide bonds. The van der Waals surface area contributed by atoms with Gasteiger partial charge in [-0.1, -0.05) is 0 Å². The van der Waals surface area contributed by atoms with Crippen molar-refractivity contribution in [2.24, 2.45) is 0 Å². The van der Waals surface area contributed by atoms with Gasteiger partial charge in [0.25, 0.3) is 0 Å². The SMILES string of the molecule is Cc1oc(C)c(S(=O)(=O)NC2CCN(C)C2)c1C(=O)O. The van der Waals surface area contributed by atoms with Gasteiger partial charge in [0, 0.05) is 12.6 Å². The number of aryl methyl sites for hydroxylation is 2. The smallest absolute Gasteiger partial charge is 0.340 e. The second-order valence-corrected chi connectivity index (χ2v) is 6.74. The first-order valence-corrected chi connectivity index (χ1v) is 7.75. The predicted octanol–water partition coefficient (Wildman–Crippen LogP) is 0.577. The summed E-state index contributed by atoms with van der Waals surface area (Å²) in [5.41, 5.74) is -0.290. The van der Waals surface area contributed by atoms with Gasteiger partial charge in [0.2, 0.25) is 10.0 Å². The Hall–Kier alpha value is -1.38. The van der Waals surface area contributed by atoms with Crippen molar-refractivity contribution >= 4 is 16.0 Å². The van der Waals surface area contributed by atoms with Crippen LogP contribution in [0, 0.1) is 13.8 Å². The van der Waals surface area contributed by atoms with Gasteiger partial charge in [-0.2, -0.15) is 0 Å². The average Bonchev–Trinajstić information content (AvgIpc) is 2.81. The minimum absolute atomic E-state index is 0.0961. The maximum Gasteiger partial charge on any atom is 0.340 e. The number of carboxylic acid groups (broad SMARTS) is 1. The summed E-state index contributed by atoms with van der Waals surface area (Å²) in [5, 5.41) is 9.17. The number of carboxylic acids is 1. The molecule has 2 rings (SSSR count). The number of likely N-dealkylation sites (tertiary alicyclic amines) is 1. The lowest BCUT2D eigenvalue weighted by Gasteiger charge is -2.13. The van der Waals surface area contributed by atoms with Crippen LogP contribution < -0.4 is 4.72 Å². The van der Waals surface area contributed by atoms with Crippen molar-refractivity contribution in [3.8, 4) is 0 Å². The summed E-state index contributed by atoms with van der Waals surface area (Å²) in [6.07, 6.45) is 0.702. The normalized spacial score (nSPS) is 20.4. The van der Waals surface area contributed by atoms with Crippen molar-refractivity contribution in [3.05, 3.63) is 17.1 Å². The first kappa shape index (κ1) is 15.0. The van der Waals surface area contributed by atoms with Gasteiger partial charge >= 0.3 is 5.97 Å². The predicted molar refractivity (Wildman–Crippen MR) is 71.4 cm³/mol. The fraction of sp³-hybridized carbons (Fsp3) is 0.583. The number of rotatable bonds is 4. The summed E-state index contributed by atoms with van der Waals surface area (Å²) >= 11 is 0. The van der Waals surface area contributed by atoms with E-state index in [2.05, 4.69) is 4.72 Å². The molecule has 1 aliphatic rings. The average molecular weight is 302 g/mol. The van der Waals surface area contributed by atoms with E-state index in [9.17, 15) is 13.2 Å². The van der Waals surface area contributed by atoms with Gasteiger partial charge in [-0.05, 0) is 33.9 Å². The Morgan fingerprint density at radius 1 is 1.40 bits per heavy atom. The molecule has 112 valence electrons. The number of furan rings is 1. The maximum atomic E-state index is 12.4. The number of aromatic carboxylic acids is 1. The Kier molecular flexibility index (Phi) is 3.90. The number of sulfonamides is 1. The molecule has 0 bridgehead atoms. The summed E-state index contributed by atoms with van der Waals surface area (Å²) in [4.78, 5) is 13.0. The Bertz CT molecular complexity index is 635. The van der Waals surface area contributed by atoms with Crippen LogP contribution in [-0.2, 0) is 10.0 Å². The van der Waals surface area contributed by atoms with Gasteiger partial charge < -0.3 is 14.4 Å². The van der Waals surface area contributed by atoms with Crippen molar-refractivity contribution in [3.63, 3.8) is 0 Å². The lowest BCUT2D eigenvalue weighted by atomic mass is 10.2. The standard InChI is InChI=1S/C12H18N2O5S/c1-7-10(12(15)16)11(8(2)19-7)20(17,18)13-9-4-5-14(3)6-9/h9,13H,4-6H2,1-3H3,(H,15,16). The molecule has 1 aliphatic heterocycles. The summed E-state index contributed by atoms with van der Waals surface area (Å²) in [7, 11) is -2.00. The molecule has 8 heteroatoms. The molecule has 2 N–H and O–H groups in total. The number of hydrogen-bond acceptors (Lipinski definition) is 5. The molecule has 0 aromatic carbocycles. The van der Waals surface area contributed by atoms with Crippen LogP contribution in [0.4, 0.5) is 0 Å². The third kappa shape index (κ3) is 2.72. The Morgan fingerprint density at radius 2 is 2.05 bits per heavy atom. The first-order chi connectivity index (χ1) is 9.22. The highest BCUT2D eigenvalue weighted by molar-refractivity contribution is 7.89. The van der Waals surface area contributed by atoms with Gasteiger partial charge in [-0.25, -0.2) is 17.9 Å². The van der Waals surface area contributed by atoms with Gasteiger partial charge in [-0.15, -0.1) is 0 Å². The fourth-order valence-corrected chi connectivity index (χ4v) is 4.21. The number of nitrogens with one attached hydrogen (secondary N) is 1. The van der Waals surface area contributed by atoms with E-state index in [1.807, 2.05) is 11.9 Å². The molecule has 2 heterocycles. The van der Waals surface area contributed by atoms with E-state index in [4.69, 9.17) is 9.52 Å². The highest BCUT2D eigenvalue weighted by Gasteiger charge is 2.33. The zero-order valence-corrected chi connectivity index (χ0v) is 12.5. The van der Waals surface area contributed by atoms with Crippen LogP contribution in [0.5, 0.6) is 0 Å². The molecule has 7 nitrogen and oxygen atoms in total. The molecule has 0 saturated carbocycles. The minimum atomic E-state index is -3.90. The summed E-state index contributed by atoms with van der Waals surface area (Å²) < 4.78 is 32.5. The molecule has 1 saturated heterocycles. The van der Waals surface area contributed by atoms with Crippen molar-refractivity contribution in [2.45, 2.75) is 31.2 Å². The fourth-order valence-electron chi connectivity index (χ4n) is 2.54. The summed E-state index contributed by atoms with van der Waals surface area (Å²) in [6, 6.07) is -0.207. The van der Waals surface area contributed by atoms with E-state index in [0.29, 0.717) is 13.0 Å². The van der Waals surface area contributed by atoms with Crippen molar-refractivity contribution in [1.82, 2.24) is 9.62 Å². The zero-order chi connectivity index (χ0) is 15.1.